The minimum atomic E-state index is -3.76. The topological polar surface area (TPSA) is 90.2 Å². The number of nitrogens with one attached hydrogen (secondary N) is 1. The molecule has 5 nitrogen and oxygen atoms in total. The second-order valence-electron chi connectivity index (χ2n) is 4.33. The number of hydrogen-bond donors (Lipinski definition) is 2. The fraction of sp³-hybridized carbons (Fsp3) is 0.0714. The Hall–Kier alpha value is -2.59. The zero-order valence-electron chi connectivity index (χ0n) is 10.7. The molecule has 7 heteroatoms. The van der Waals surface area contributed by atoms with E-state index < -0.39 is 21.6 Å². The fourth-order valence-corrected chi connectivity index (χ4v) is 2.90. The number of nitriles is 1. The van der Waals surface area contributed by atoms with Crippen LogP contribution in [0.25, 0.3) is 0 Å². The highest BCUT2D eigenvalue weighted by atomic mass is 32.2. The molecule has 0 saturated carbocycles. The molecule has 2 N–H and O–H groups in total. The van der Waals surface area contributed by atoms with Gasteiger partial charge in [0.15, 0.2) is 0 Å². The molecule has 2 rings (SSSR count). The van der Waals surface area contributed by atoms with Gasteiger partial charge in [-0.2, -0.15) is 5.26 Å². The lowest BCUT2D eigenvalue weighted by molar-refractivity contribution is 0.471. The molecule has 0 aliphatic heterocycles. The number of hydrogen-bond acceptors (Lipinski definition) is 4. The Labute approximate surface area is 121 Å². The van der Waals surface area contributed by atoms with E-state index in [4.69, 9.17) is 5.26 Å². The number of halogens is 1. The minimum Gasteiger partial charge on any atom is -0.506 e. The van der Waals surface area contributed by atoms with Gasteiger partial charge in [-0.1, -0.05) is 12.1 Å². The highest BCUT2D eigenvalue weighted by molar-refractivity contribution is 7.91. The second kappa shape index (κ2) is 5.81. The van der Waals surface area contributed by atoms with Crippen LogP contribution in [0.5, 0.6) is 5.75 Å². The van der Waals surface area contributed by atoms with Crippen LogP contribution < -0.4 is 4.72 Å². The third-order valence-corrected chi connectivity index (χ3v) is 3.91. The Kier molecular flexibility index (Phi) is 4.10. The number of aromatic hydroxyl groups is 1. The van der Waals surface area contributed by atoms with E-state index in [0.717, 1.165) is 18.2 Å². The van der Waals surface area contributed by atoms with Gasteiger partial charge in [0.1, 0.15) is 11.6 Å². The van der Waals surface area contributed by atoms with Crippen molar-refractivity contribution >= 4 is 15.7 Å². The van der Waals surface area contributed by atoms with E-state index >= 15 is 0 Å². The van der Waals surface area contributed by atoms with Crippen molar-refractivity contribution in [2.45, 2.75) is 5.75 Å². The van der Waals surface area contributed by atoms with E-state index in [9.17, 15) is 17.9 Å². The van der Waals surface area contributed by atoms with Crippen LogP contribution in [0.1, 0.15) is 11.1 Å². The van der Waals surface area contributed by atoms with Gasteiger partial charge >= 0.3 is 0 Å². The zero-order chi connectivity index (χ0) is 15.5. The summed E-state index contributed by atoms with van der Waals surface area (Å²) in [7, 11) is -3.76. The average Bonchev–Trinajstić information content (AvgIpc) is 2.42. The normalized spacial score (nSPS) is 10.9. The highest BCUT2D eigenvalue weighted by Gasteiger charge is 2.14. The lowest BCUT2D eigenvalue weighted by atomic mass is 10.2. The lowest BCUT2D eigenvalue weighted by Crippen LogP contribution is -2.15. The summed E-state index contributed by atoms with van der Waals surface area (Å²) in [5.74, 6) is -1.48. The van der Waals surface area contributed by atoms with Crippen molar-refractivity contribution in [2.24, 2.45) is 0 Å². The highest BCUT2D eigenvalue weighted by Crippen LogP contribution is 2.25. The molecule has 0 fully saturated rings. The number of rotatable bonds is 4. The average molecular weight is 306 g/mol. The molecule has 108 valence electrons. The molecule has 0 aliphatic rings. The first-order valence-corrected chi connectivity index (χ1v) is 7.53. The van der Waals surface area contributed by atoms with Gasteiger partial charge in [-0.3, -0.25) is 4.72 Å². The van der Waals surface area contributed by atoms with E-state index in [0.29, 0.717) is 11.1 Å². The van der Waals surface area contributed by atoms with Gasteiger partial charge in [-0.25, -0.2) is 12.8 Å². The molecule has 0 radical (unpaired) electrons. The van der Waals surface area contributed by atoms with E-state index in [2.05, 4.69) is 4.72 Å². The number of phenolic OH excluding ortho intramolecular Hbond substituents is 1. The number of phenols is 1. The van der Waals surface area contributed by atoms with Crippen LogP contribution in [0.2, 0.25) is 0 Å². The summed E-state index contributed by atoms with van der Waals surface area (Å²) >= 11 is 0. The molecule has 21 heavy (non-hydrogen) atoms. The quantitative estimate of drug-likeness (QED) is 0.848. The Morgan fingerprint density at radius 2 is 1.86 bits per heavy atom. The molecule has 2 aromatic rings. The third-order valence-electron chi connectivity index (χ3n) is 2.66. The van der Waals surface area contributed by atoms with Crippen molar-refractivity contribution in [1.29, 1.82) is 5.26 Å². The van der Waals surface area contributed by atoms with Gasteiger partial charge in [0, 0.05) is 6.07 Å². The van der Waals surface area contributed by atoms with Gasteiger partial charge in [0.25, 0.3) is 0 Å². The lowest BCUT2D eigenvalue weighted by Gasteiger charge is -2.09. The predicted molar refractivity (Wildman–Crippen MR) is 75.5 cm³/mol. The first kappa shape index (κ1) is 14.8. The van der Waals surface area contributed by atoms with E-state index in [-0.39, 0.29) is 11.4 Å². The van der Waals surface area contributed by atoms with Crippen molar-refractivity contribution < 1.29 is 17.9 Å². The number of sulfonamides is 1. The van der Waals surface area contributed by atoms with Crippen LogP contribution in [0.4, 0.5) is 10.1 Å². The van der Waals surface area contributed by atoms with E-state index in [1.54, 1.807) is 0 Å². The smallest absolute Gasteiger partial charge is 0.237 e. The van der Waals surface area contributed by atoms with Gasteiger partial charge in [0.2, 0.25) is 10.0 Å². The van der Waals surface area contributed by atoms with Crippen molar-refractivity contribution in [1.82, 2.24) is 0 Å². The zero-order valence-corrected chi connectivity index (χ0v) is 11.6. The maximum absolute atomic E-state index is 12.8. The third kappa shape index (κ3) is 3.94. The van der Waals surface area contributed by atoms with E-state index in [1.165, 1.54) is 24.3 Å². The standard InChI is InChI=1S/C14H11FN2O3S/c15-12-5-6-13(14(18)7-12)17-21(19,20)9-11-3-1-10(8-16)2-4-11/h1-7,17-18H,9H2. The molecule has 0 spiro atoms. The molecule has 0 bridgehead atoms. The van der Waals surface area contributed by atoms with Gasteiger partial charge in [-0.15, -0.1) is 0 Å². The molecule has 0 unspecified atom stereocenters. The maximum Gasteiger partial charge on any atom is 0.237 e. The molecule has 0 aliphatic carbocycles. The fourth-order valence-electron chi connectivity index (χ4n) is 1.69. The molecule has 0 amide bonds. The van der Waals surface area contributed by atoms with Crippen molar-refractivity contribution in [2.75, 3.05) is 4.72 Å². The summed E-state index contributed by atoms with van der Waals surface area (Å²) in [4.78, 5) is 0. The van der Waals surface area contributed by atoms with Gasteiger partial charge in [0.05, 0.1) is 23.1 Å². The van der Waals surface area contributed by atoms with Crippen LogP contribution in [0, 0.1) is 17.1 Å². The van der Waals surface area contributed by atoms with Gasteiger partial charge < -0.3 is 5.11 Å². The van der Waals surface area contributed by atoms with Crippen LogP contribution in [-0.4, -0.2) is 13.5 Å². The molecule has 0 aromatic heterocycles. The van der Waals surface area contributed by atoms with Crippen molar-refractivity contribution in [3.8, 4) is 11.8 Å². The summed E-state index contributed by atoms with van der Waals surface area (Å²) in [5.41, 5.74) is 0.827. The summed E-state index contributed by atoms with van der Waals surface area (Å²) in [5, 5.41) is 18.2. The first-order chi connectivity index (χ1) is 9.89. The SMILES string of the molecule is N#Cc1ccc(CS(=O)(=O)Nc2ccc(F)cc2O)cc1. The molecule has 0 saturated heterocycles. The van der Waals surface area contributed by atoms with Crippen LogP contribution in [0.3, 0.4) is 0 Å². The molecule has 0 heterocycles. The maximum atomic E-state index is 12.8. The summed E-state index contributed by atoms with van der Waals surface area (Å²) in [6.07, 6.45) is 0. The molecular formula is C14H11FN2O3S. The van der Waals surface area contributed by atoms with Gasteiger partial charge in [-0.05, 0) is 29.8 Å². The number of benzene rings is 2. The minimum absolute atomic E-state index is 0.0926. The van der Waals surface area contributed by atoms with Crippen LogP contribution in [0.15, 0.2) is 42.5 Å². The van der Waals surface area contributed by atoms with Crippen molar-refractivity contribution in [3.05, 3.63) is 59.4 Å². The van der Waals surface area contributed by atoms with Crippen molar-refractivity contribution in [3.63, 3.8) is 0 Å². The predicted octanol–water partition coefficient (Wildman–Crippen LogP) is 2.34. The Morgan fingerprint density at radius 3 is 2.43 bits per heavy atom. The number of nitrogens with zero attached hydrogens (tertiary/aromatic N) is 1. The Balaban J connectivity index is 2.16. The molecular weight excluding hydrogens is 295 g/mol. The van der Waals surface area contributed by atoms with Crippen LogP contribution in [-0.2, 0) is 15.8 Å². The first-order valence-electron chi connectivity index (χ1n) is 5.88. The van der Waals surface area contributed by atoms with E-state index in [1.807, 2.05) is 6.07 Å². The Morgan fingerprint density at radius 1 is 1.19 bits per heavy atom. The monoisotopic (exact) mass is 306 g/mol. The molecule has 0 atom stereocenters. The summed E-state index contributed by atoms with van der Waals surface area (Å²) < 4.78 is 39.0. The van der Waals surface area contributed by atoms with Crippen LogP contribution >= 0.6 is 0 Å². The largest absolute Gasteiger partial charge is 0.506 e. The molecule has 2 aromatic carbocycles. The Bertz CT molecular complexity index is 796. The summed E-state index contributed by atoms with van der Waals surface area (Å²) in [6.45, 7) is 0. The second-order valence-corrected chi connectivity index (χ2v) is 6.05. The number of anilines is 1. The summed E-state index contributed by atoms with van der Waals surface area (Å²) in [6, 6.07) is 11.0.